The fourth-order valence-electron chi connectivity index (χ4n) is 2.19. The summed E-state index contributed by atoms with van der Waals surface area (Å²) in [7, 11) is -1.93. The number of benzene rings is 2. The maximum atomic E-state index is 13.8. The molecule has 0 radical (unpaired) electrons. The van der Waals surface area contributed by atoms with E-state index in [1.54, 1.807) is 0 Å². The van der Waals surface area contributed by atoms with Crippen LogP contribution in [0.3, 0.4) is 0 Å². The zero-order valence-electron chi connectivity index (χ0n) is 13.7. The van der Waals surface area contributed by atoms with Crippen molar-refractivity contribution in [3.63, 3.8) is 0 Å². The molecule has 2 aromatic carbocycles. The van der Waals surface area contributed by atoms with E-state index in [0.717, 1.165) is 17.4 Å². The van der Waals surface area contributed by atoms with Crippen LogP contribution in [0.15, 0.2) is 41.3 Å². The number of hydrogen-bond donors (Lipinski definition) is 0. The van der Waals surface area contributed by atoms with Crippen LogP contribution in [0.4, 0.5) is 17.6 Å². The lowest BCUT2D eigenvalue weighted by Gasteiger charge is -2.19. The van der Waals surface area contributed by atoms with E-state index in [-0.39, 0.29) is 23.6 Å². The molecule has 2 aromatic rings. The zero-order valence-corrected chi connectivity index (χ0v) is 14.6. The van der Waals surface area contributed by atoms with Gasteiger partial charge in [-0.1, -0.05) is 6.07 Å². The second-order valence-corrected chi connectivity index (χ2v) is 7.21. The molecule has 0 aliphatic rings. The summed E-state index contributed by atoms with van der Waals surface area (Å²) in [5.74, 6) is -2.25. The van der Waals surface area contributed by atoms with Crippen LogP contribution in [0.1, 0.15) is 5.56 Å². The minimum absolute atomic E-state index is 0.0377. The van der Waals surface area contributed by atoms with Crippen molar-refractivity contribution < 1.29 is 35.5 Å². The van der Waals surface area contributed by atoms with Gasteiger partial charge in [0.2, 0.25) is 10.0 Å². The van der Waals surface area contributed by atoms with Crippen LogP contribution in [-0.2, 0) is 16.6 Å². The lowest BCUT2D eigenvalue weighted by atomic mass is 10.2. The highest BCUT2D eigenvalue weighted by Gasteiger charge is 2.25. The molecule has 5 nitrogen and oxygen atoms in total. The van der Waals surface area contributed by atoms with E-state index in [2.05, 4.69) is 4.74 Å². The van der Waals surface area contributed by atoms with E-state index in [4.69, 9.17) is 4.74 Å². The van der Waals surface area contributed by atoms with Crippen molar-refractivity contribution in [2.75, 3.05) is 14.2 Å². The van der Waals surface area contributed by atoms with E-state index in [0.29, 0.717) is 12.1 Å². The Hall–Kier alpha value is -2.33. The minimum Gasteiger partial charge on any atom is -0.493 e. The first-order valence-electron chi connectivity index (χ1n) is 7.18. The Balaban J connectivity index is 2.31. The van der Waals surface area contributed by atoms with Crippen LogP contribution >= 0.6 is 0 Å². The molecule has 0 saturated heterocycles. The topological polar surface area (TPSA) is 55.8 Å². The number of alkyl halides is 2. The molecule has 0 N–H and O–H groups in total. The number of hydrogen-bond acceptors (Lipinski definition) is 4. The highest BCUT2D eigenvalue weighted by atomic mass is 32.2. The van der Waals surface area contributed by atoms with Crippen molar-refractivity contribution in [3.8, 4) is 11.5 Å². The lowest BCUT2D eigenvalue weighted by Crippen LogP contribution is -2.27. The van der Waals surface area contributed by atoms with Crippen molar-refractivity contribution in [2.24, 2.45) is 0 Å². The van der Waals surface area contributed by atoms with Gasteiger partial charge in [0.25, 0.3) is 0 Å². The van der Waals surface area contributed by atoms with Crippen molar-refractivity contribution in [1.82, 2.24) is 4.31 Å². The number of nitrogens with zero attached hydrogens (tertiary/aromatic N) is 1. The Labute approximate surface area is 147 Å². The van der Waals surface area contributed by atoms with Gasteiger partial charge in [-0.25, -0.2) is 17.2 Å². The number of methoxy groups -OCH3 is 1. The van der Waals surface area contributed by atoms with Gasteiger partial charge in [0, 0.05) is 13.6 Å². The van der Waals surface area contributed by atoms with Gasteiger partial charge >= 0.3 is 6.61 Å². The number of sulfonamides is 1. The molecule has 10 heteroatoms. The van der Waals surface area contributed by atoms with Gasteiger partial charge in [-0.2, -0.15) is 13.1 Å². The summed E-state index contributed by atoms with van der Waals surface area (Å²) < 4.78 is 86.8. The average Bonchev–Trinajstić information content (AvgIpc) is 2.56. The summed E-state index contributed by atoms with van der Waals surface area (Å²) in [6.45, 7) is -3.39. The number of halogens is 4. The van der Waals surface area contributed by atoms with Gasteiger partial charge < -0.3 is 9.47 Å². The van der Waals surface area contributed by atoms with Crippen LogP contribution in [0.2, 0.25) is 0 Å². The van der Waals surface area contributed by atoms with Crippen molar-refractivity contribution in [1.29, 1.82) is 0 Å². The largest absolute Gasteiger partial charge is 0.493 e. The standard InChI is InChI=1S/C16H15F4NO4S/c1-21(26(22,23)15-8-11(17)4-5-12(15)18)9-10-3-6-13(24-2)14(7-10)25-16(19)20/h3-8,16H,9H2,1-2H3. The van der Waals surface area contributed by atoms with E-state index in [1.165, 1.54) is 25.3 Å². The summed E-state index contributed by atoms with van der Waals surface area (Å²) in [6.07, 6.45) is 0. The van der Waals surface area contributed by atoms with Crippen molar-refractivity contribution >= 4 is 10.0 Å². The zero-order chi connectivity index (χ0) is 19.5. The first kappa shape index (κ1) is 20.0. The summed E-state index contributed by atoms with van der Waals surface area (Å²) in [5, 5.41) is 0. The molecule has 0 aliphatic carbocycles. The maximum Gasteiger partial charge on any atom is 0.387 e. The van der Waals surface area contributed by atoms with Gasteiger partial charge in [-0.05, 0) is 35.9 Å². The normalized spacial score (nSPS) is 11.8. The first-order chi connectivity index (χ1) is 12.1. The molecule has 0 heterocycles. The fraction of sp³-hybridized carbons (Fsp3) is 0.250. The molecule has 0 spiro atoms. The minimum atomic E-state index is -4.34. The molecular formula is C16H15F4NO4S. The molecule has 0 unspecified atom stereocenters. The molecule has 0 aromatic heterocycles. The predicted molar refractivity (Wildman–Crippen MR) is 84.6 cm³/mol. The van der Waals surface area contributed by atoms with E-state index < -0.39 is 33.2 Å². The molecule has 0 fully saturated rings. The summed E-state index contributed by atoms with van der Waals surface area (Å²) in [5.41, 5.74) is 0.282. The maximum absolute atomic E-state index is 13.8. The molecule has 2 rings (SSSR count). The Kier molecular flexibility index (Phi) is 6.09. The van der Waals surface area contributed by atoms with Crippen LogP contribution < -0.4 is 9.47 Å². The third-order valence-electron chi connectivity index (χ3n) is 3.43. The van der Waals surface area contributed by atoms with Crippen molar-refractivity contribution in [2.45, 2.75) is 18.1 Å². The third kappa shape index (κ3) is 4.44. The summed E-state index contributed by atoms with van der Waals surface area (Å²) in [6, 6.07) is 6.02. The Morgan fingerprint density at radius 3 is 2.38 bits per heavy atom. The van der Waals surface area contributed by atoms with Crippen LogP contribution in [-0.4, -0.2) is 33.5 Å². The number of ether oxygens (including phenoxy) is 2. The summed E-state index contributed by atoms with van der Waals surface area (Å²) in [4.78, 5) is -0.822. The lowest BCUT2D eigenvalue weighted by molar-refractivity contribution is -0.0512. The SMILES string of the molecule is COc1ccc(CN(C)S(=O)(=O)c2cc(F)ccc2F)cc1OC(F)F. The van der Waals surface area contributed by atoms with Gasteiger partial charge in [-0.3, -0.25) is 0 Å². The molecule has 0 aliphatic heterocycles. The first-order valence-corrected chi connectivity index (χ1v) is 8.62. The van der Waals surface area contributed by atoms with Gasteiger partial charge in [0.15, 0.2) is 11.5 Å². The van der Waals surface area contributed by atoms with E-state index in [1.807, 2.05) is 0 Å². The van der Waals surface area contributed by atoms with E-state index in [9.17, 15) is 26.0 Å². The highest BCUT2D eigenvalue weighted by Crippen LogP contribution is 2.30. The molecule has 26 heavy (non-hydrogen) atoms. The van der Waals surface area contributed by atoms with Gasteiger partial charge in [0.05, 0.1) is 7.11 Å². The Bertz CT molecular complexity index is 890. The van der Waals surface area contributed by atoms with Crippen LogP contribution in [0, 0.1) is 11.6 Å². The quantitative estimate of drug-likeness (QED) is 0.677. The smallest absolute Gasteiger partial charge is 0.387 e. The predicted octanol–water partition coefficient (Wildman–Crippen LogP) is 3.40. The molecular weight excluding hydrogens is 378 g/mol. The second-order valence-electron chi connectivity index (χ2n) is 5.20. The van der Waals surface area contributed by atoms with Crippen LogP contribution in [0.25, 0.3) is 0 Å². The Morgan fingerprint density at radius 1 is 1.08 bits per heavy atom. The Morgan fingerprint density at radius 2 is 1.77 bits per heavy atom. The highest BCUT2D eigenvalue weighted by molar-refractivity contribution is 7.89. The molecule has 142 valence electrons. The monoisotopic (exact) mass is 393 g/mol. The van der Waals surface area contributed by atoms with Gasteiger partial charge in [0.1, 0.15) is 16.5 Å². The molecule has 0 atom stereocenters. The van der Waals surface area contributed by atoms with Crippen molar-refractivity contribution in [3.05, 3.63) is 53.6 Å². The van der Waals surface area contributed by atoms with Crippen LogP contribution in [0.5, 0.6) is 11.5 Å². The fourth-order valence-corrected chi connectivity index (χ4v) is 3.42. The summed E-state index contributed by atoms with van der Waals surface area (Å²) >= 11 is 0. The molecule has 0 amide bonds. The van der Waals surface area contributed by atoms with E-state index >= 15 is 0 Å². The average molecular weight is 393 g/mol. The van der Waals surface area contributed by atoms with Gasteiger partial charge in [-0.15, -0.1) is 0 Å². The third-order valence-corrected chi connectivity index (χ3v) is 5.25. The molecule has 0 bridgehead atoms. The number of rotatable bonds is 7. The molecule has 0 saturated carbocycles. The second kappa shape index (κ2) is 7.92.